The minimum atomic E-state index is 0.00199. The van der Waals surface area contributed by atoms with Crippen molar-refractivity contribution >= 4 is 17.8 Å². The van der Waals surface area contributed by atoms with Crippen LogP contribution in [0, 0.1) is 0 Å². The summed E-state index contributed by atoms with van der Waals surface area (Å²) < 4.78 is 0. The van der Waals surface area contributed by atoms with E-state index in [0.29, 0.717) is 17.3 Å². The maximum absolute atomic E-state index is 10.8. The smallest absolute Gasteiger partial charge is 0.315 e. The maximum atomic E-state index is 10.8. The predicted molar refractivity (Wildman–Crippen MR) is 41.2 cm³/mol. The molecule has 0 aliphatic carbocycles. The highest BCUT2D eigenvalue weighted by Crippen LogP contribution is 2.28. The van der Waals surface area contributed by atoms with E-state index in [4.69, 9.17) is 0 Å². The highest BCUT2D eigenvalue weighted by Gasteiger charge is 2.40. The summed E-state index contributed by atoms with van der Waals surface area (Å²) in [5.74, 6) is 1.06. The Morgan fingerprint density at radius 1 is 1.60 bits per heavy atom. The van der Waals surface area contributed by atoms with Crippen LogP contribution in [0.3, 0.4) is 0 Å². The van der Waals surface area contributed by atoms with Crippen molar-refractivity contribution in [1.29, 1.82) is 0 Å². The van der Waals surface area contributed by atoms with Crippen molar-refractivity contribution in [2.24, 2.45) is 0 Å². The van der Waals surface area contributed by atoms with Gasteiger partial charge in [-0.05, 0) is 0 Å². The van der Waals surface area contributed by atoms with E-state index in [2.05, 4.69) is 17.6 Å². The molecule has 0 saturated carbocycles. The normalized spacial score (nSPS) is 44.5. The van der Waals surface area contributed by atoms with E-state index in [0.717, 1.165) is 5.75 Å². The van der Waals surface area contributed by atoms with Crippen molar-refractivity contribution in [2.45, 2.75) is 24.3 Å². The molecule has 2 rings (SSSR count). The lowest BCUT2D eigenvalue weighted by atomic mass is 10.1. The fourth-order valence-corrected chi connectivity index (χ4v) is 2.77. The van der Waals surface area contributed by atoms with Gasteiger partial charge in [-0.1, -0.05) is 6.92 Å². The van der Waals surface area contributed by atoms with Gasteiger partial charge in [0.1, 0.15) is 0 Å². The molecule has 2 aliphatic rings. The van der Waals surface area contributed by atoms with Gasteiger partial charge in [-0.15, -0.1) is 0 Å². The monoisotopic (exact) mass is 158 g/mol. The first kappa shape index (κ1) is 6.34. The second-order valence-electron chi connectivity index (χ2n) is 2.79. The molecule has 2 aliphatic heterocycles. The van der Waals surface area contributed by atoms with E-state index < -0.39 is 0 Å². The summed E-state index contributed by atoms with van der Waals surface area (Å²) in [6.07, 6.45) is 0. The summed E-state index contributed by atoms with van der Waals surface area (Å²) in [5.41, 5.74) is 0. The number of hydrogen-bond donors (Lipinski definition) is 2. The molecule has 1 unspecified atom stereocenters. The molecule has 2 heterocycles. The molecule has 0 aromatic carbocycles. The lowest BCUT2D eigenvalue weighted by molar-refractivity contribution is 0.247. The summed E-state index contributed by atoms with van der Waals surface area (Å²) in [5, 5.41) is 6.34. The SMILES string of the molecule is C[C@H]1SC[C@H]2NC(=O)NC21. The maximum Gasteiger partial charge on any atom is 0.315 e. The van der Waals surface area contributed by atoms with Gasteiger partial charge in [-0.25, -0.2) is 4.79 Å². The summed E-state index contributed by atoms with van der Waals surface area (Å²) in [7, 11) is 0. The van der Waals surface area contributed by atoms with Crippen LogP contribution in [0.4, 0.5) is 4.79 Å². The molecule has 0 radical (unpaired) electrons. The number of carbonyl (C=O) groups is 1. The van der Waals surface area contributed by atoms with Crippen molar-refractivity contribution in [3.63, 3.8) is 0 Å². The van der Waals surface area contributed by atoms with Crippen molar-refractivity contribution in [2.75, 3.05) is 5.75 Å². The molecule has 2 amide bonds. The third-order valence-corrected chi connectivity index (χ3v) is 3.46. The first-order valence-electron chi connectivity index (χ1n) is 3.46. The highest BCUT2D eigenvalue weighted by molar-refractivity contribution is 8.00. The second-order valence-corrected chi connectivity index (χ2v) is 4.20. The van der Waals surface area contributed by atoms with Gasteiger partial charge in [-0.3, -0.25) is 0 Å². The molecule has 0 aromatic heterocycles. The first-order valence-corrected chi connectivity index (χ1v) is 4.51. The van der Waals surface area contributed by atoms with E-state index in [9.17, 15) is 4.79 Å². The molecular weight excluding hydrogens is 148 g/mol. The van der Waals surface area contributed by atoms with Crippen LogP contribution in [0.15, 0.2) is 0 Å². The van der Waals surface area contributed by atoms with Crippen molar-refractivity contribution in [3.05, 3.63) is 0 Å². The third-order valence-electron chi connectivity index (χ3n) is 2.09. The molecule has 2 saturated heterocycles. The van der Waals surface area contributed by atoms with E-state index >= 15 is 0 Å². The Balaban J connectivity index is 2.12. The molecule has 3 atom stereocenters. The quantitative estimate of drug-likeness (QED) is 0.493. The average Bonchev–Trinajstić information content (AvgIpc) is 2.35. The van der Waals surface area contributed by atoms with Gasteiger partial charge in [-0.2, -0.15) is 11.8 Å². The number of thioether (sulfide) groups is 1. The van der Waals surface area contributed by atoms with E-state index in [-0.39, 0.29) is 6.03 Å². The van der Waals surface area contributed by atoms with E-state index in [1.807, 2.05) is 11.8 Å². The van der Waals surface area contributed by atoms with E-state index in [1.165, 1.54) is 0 Å². The van der Waals surface area contributed by atoms with Crippen LogP contribution in [0.25, 0.3) is 0 Å². The molecule has 3 nitrogen and oxygen atoms in total. The summed E-state index contributed by atoms with van der Waals surface area (Å²) in [4.78, 5) is 10.8. The largest absolute Gasteiger partial charge is 0.332 e. The summed E-state index contributed by atoms with van der Waals surface area (Å²) in [6, 6.07) is 0.757. The van der Waals surface area contributed by atoms with Gasteiger partial charge in [0.05, 0.1) is 12.1 Å². The molecule has 56 valence electrons. The molecule has 2 N–H and O–H groups in total. The fraction of sp³-hybridized carbons (Fsp3) is 0.833. The standard InChI is InChI=1S/C6H10N2OS/c1-3-5-4(2-10-3)7-6(9)8-5/h3-5H,2H2,1H3,(H2,7,8,9)/t3-,4-,5?/m1/s1. The molecule has 4 heteroatoms. The second kappa shape index (κ2) is 2.05. The van der Waals surface area contributed by atoms with Gasteiger partial charge in [0.25, 0.3) is 0 Å². The number of amides is 2. The van der Waals surface area contributed by atoms with Crippen LogP contribution in [-0.2, 0) is 0 Å². The van der Waals surface area contributed by atoms with Crippen LogP contribution < -0.4 is 10.6 Å². The van der Waals surface area contributed by atoms with E-state index in [1.54, 1.807) is 0 Å². The lowest BCUT2D eigenvalue weighted by Crippen LogP contribution is -2.35. The van der Waals surface area contributed by atoms with Crippen LogP contribution >= 0.6 is 11.8 Å². The van der Waals surface area contributed by atoms with Crippen LogP contribution in [0.1, 0.15) is 6.92 Å². The summed E-state index contributed by atoms with van der Waals surface area (Å²) >= 11 is 1.91. The molecule has 10 heavy (non-hydrogen) atoms. The zero-order valence-corrected chi connectivity index (χ0v) is 6.57. The molecule has 2 fully saturated rings. The van der Waals surface area contributed by atoms with Crippen molar-refractivity contribution < 1.29 is 4.79 Å². The number of fused-ring (bicyclic) bond motifs is 1. The van der Waals surface area contributed by atoms with Crippen LogP contribution in [-0.4, -0.2) is 29.1 Å². The topological polar surface area (TPSA) is 41.1 Å². The van der Waals surface area contributed by atoms with Crippen molar-refractivity contribution in [3.8, 4) is 0 Å². The lowest BCUT2D eigenvalue weighted by Gasteiger charge is -2.09. The molecule has 0 bridgehead atoms. The zero-order chi connectivity index (χ0) is 7.14. The number of carbonyl (C=O) groups excluding carboxylic acids is 1. The van der Waals surface area contributed by atoms with Crippen LogP contribution in [0.5, 0.6) is 0 Å². The van der Waals surface area contributed by atoms with Gasteiger partial charge in [0, 0.05) is 11.0 Å². The average molecular weight is 158 g/mol. The molecule has 0 aromatic rings. The zero-order valence-electron chi connectivity index (χ0n) is 5.76. The molecule has 0 spiro atoms. The van der Waals surface area contributed by atoms with Gasteiger partial charge >= 0.3 is 6.03 Å². The predicted octanol–water partition coefficient (Wildman–Crippen LogP) is 0.172. The minimum Gasteiger partial charge on any atom is -0.332 e. The summed E-state index contributed by atoms with van der Waals surface area (Å²) in [6.45, 7) is 2.16. The number of urea groups is 1. The minimum absolute atomic E-state index is 0.00199. The Kier molecular flexibility index (Phi) is 1.30. The Bertz CT molecular complexity index is 173. The van der Waals surface area contributed by atoms with Gasteiger partial charge in [0.15, 0.2) is 0 Å². The Hall–Kier alpha value is -0.380. The van der Waals surface area contributed by atoms with Crippen LogP contribution in [0.2, 0.25) is 0 Å². The van der Waals surface area contributed by atoms with Gasteiger partial charge < -0.3 is 10.6 Å². The Morgan fingerprint density at radius 3 is 3.10 bits per heavy atom. The Morgan fingerprint density at radius 2 is 2.40 bits per heavy atom. The first-order chi connectivity index (χ1) is 4.77. The molecular formula is C6H10N2OS. The van der Waals surface area contributed by atoms with Gasteiger partial charge in [0.2, 0.25) is 0 Å². The van der Waals surface area contributed by atoms with Crippen molar-refractivity contribution in [1.82, 2.24) is 10.6 Å². The number of rotatable bonds is 0. The fourth-order valence-electron chi connectivity index (χ4n) is 1.50. The third kappa shape index (κ3) is 0.785. The highest BCUT2D eigenvalue weighted by atomic mass is 32.2. The Labute approximate surface area is 63.9 Å². The number of nitrogens with one attached hydrogen (secondary N) is 2. The number of hydrogen-bond acceptors (Lipinski definition) is 2.